The molecule has 0 atom stereocenters. The summed E-state index contributed by atoms with van der Waals surface area (Å²) in [4.78, 5) is 14.6. The first kappa shape index (κ1) is 8.01. The second-order valence-corrected chi connectivity index (χ2v) is 2.52. The molecule has 0 bridgehead atoms. The molecule has 4 heteroatoms. The van der Waals surface area contributed by atoms with Gasteiger partial charge in [-0.2, -0.15) is 0 Å². The molecule has 2 N–H and O–H groups in total. The van der Waals surface area contributed by atoms with Gasteiger partial charge in [0.05, 0.1) is 17.4 Å². The molecule has 0 aliphatic rings. The SMILES string of the molecule is CC(=O)c1cc(N)cnc1Cl. The summed E-state index contributed by atoms with van der Waals surface area (Å²) in [5, 5.41) is 0.201. The second-order valence-electron chi connectivity index (χ2n) is 2.16. The van der Waals surface area contributed by atoms with Crippen LogP contribution in [0.1, 0.15) is 17.3 Å². The van der Waals surface area contributed by atoms with E-state index < -0.39 is 0 Å². The van der Waals surface area contributed by atoms with E-state index in [9.17, 15) is 4.79 Å². The molecule has 0 saturated carbocycles. The van der Waals surface area contributed by atoms with Gasteiger partial charge in [0.15, 0.2) is 5.78 Å². The van der Waals surface area contributed by atoms with Crippen LogP contribution in [-0.4, -0.2) is 10.8 Å². The molecule has 1 aromatic rings. The Morgan fingerprint density at radius 1 is 1.73 bits per heavy atom. The van der Waals surface area contributed by atoms with Crippen molar-refractivity contribution < 1.29 is 4.79 Å². The van der Waals surface area contributed by atoms with Gasteiger partial charge >= 0.3 is 0 Å². The van der Waals surface area contributed by atoms with Gasteiger partial charge in [-0.25, -0.2) is 4.98 Å². The van der Waals surface area contributed by atoms with Crippen molar-refractivity contribution in [3.05, 3.63) is 23.0 Å². The molecule has 0 aromatic carbocycles. The monoisotopic (exact) mass is 170 g/mol. The Balaban J connectivity index is 3.23. The van der Waals surface area contributed by atoms with Crippen molar-refractivity contribution in [2.24, 2.45) is 0 Å². The van der Waals surface area contributed by atoms with Crippen molar-refractivity contribution >= 4 is 23.1 Å². The van der Waals surface area contributed by atoms with Crippen molar-refractivity contribution in [1.82, 2.24) is 4.98 Å². The van der Waals surface area contributed by atoms with E-state index in [0.29, 0.717) is 11.3 Å². The van der Waals surface area contributed by atoms with Crippen LogP contribution in [0.25, 0.3) is 0 Å². The van der Waals surface area contributed by atoms with Crippen LogP contribution in [0.3, 0.4) is 0 Å². The molecule has 0 saturated heterocycles. The van der Waals surface area contributed by atoms with E-state index in [1.165, 1.54) is 19.2 Å². The van der Waals surface area contributed by atoms with Gasteiger partial charge in [-0.05, 0) is 13.0 Å². The lowest BCUT2D eigenvalue weighted by atomic mass is 10.2. The van der Waals surface area contributed by atoms with E-state index in [1.54, 1.807) is 0 Å². The van der Waals surface area contributed by atoms with Crippen LogP contribution in [0.4, 0.5) is 5.69 Å². The first-order valence-corrected chi connectivity index (χ1v) is 3.41. The van der Waals surface area contributed by atoms with Gasteiger partial charge in [0, 0.05) is 0 Å². The lowest BCUT2D eigenvalue weighted by Crippen LogP contribution is -1.97. The topological polar surface area (TPSA) is 56.0 Å². The summed E-state index contributed by atoms with van der Waals surface area (Å²) in [6, 6.07) is 1.51. The average molecular weight is 171 g/mol. The van der Waals surface area contributed by atoms with Crippen molar-refractivity contribution in [2.75, 3.05) is 5.73 Å². The van der Waals surface area contributed by atoms with E-state index in [2.05, 4.69) is 4.98 Å². The highest BCUT2D eigenvalue weighted by atomic mass is 35.5. The van der Waals surface area contributed by atoms with Crippen LogP contribution >= 0.6 is 11.6 Å². The number of carbonyl (C=O) groups excluding carboxylic acids is 1. The summed E-state index contributed by atoms with van der Waals surface area (Å²) in [5.74, 6) is -0.130. The molecule has 1 rings (SSSR count). The first-order chi connectivity index (χ1) is 5.11. The minimum atomic E-state index is -0.130. The van der Waals surface area contributed by atoms with Crippen LogP contribution in [0.15, 0.2) is 12.3 Å². The molecule has 58 valence electrons. The molecule has 0 amide bonds. The Kier molecular flexibility index (Phi) is 2.10. The standard InChI is InChI=1S/C7H7ClN2O/c1-4(11)6-2-5(9)3-10-7(6)8/h2-3H,9H2,1H3. The third-order valence-electron chi connectivity index (χ3n) is 1.24. The molecular formula is C7H7ClN2O. The molecule has 0 fully saturated rings. The number of ketones is 1. The highest BCUT2D eigenvalue weighted by molar-refractivity contribution is 6.32. The zero-order chi connectivity index (χ0) is 8.43. The molecule has 0 aliphatic carbocycles. The van der Waals surface area contributed by atoms with Crippen LogP contribution in [0.2, 0.25) is 5.15 Å². The predicted molar refractivity (Wildman–Crippen MR) is 43.7 cm³/mol. The maximum atomic E-state index is 10.8. The Bertz CT molecular complexity index is 298. The van der Waals surface area contributed by atoms with Crippen molar-refractivity contribution in [1.29, 1.82) is 0 Å². The highest BCUT2D eigenvalue weighted by Crippen LogP contribution is 2.15. The lowest BCUT2D eigenvalue weighted by molar-refractivity contribution is 0.101. The van der Waals surface area contributed by atoms with Gasteiger partial charge in [0.25, 0.3) is 0 Å². The van der Waals surface area contributed by atoms with Crippen LogP contribution < -0.4 is 5.73 Å². The number of nitrogens with two attached hydrogens (primary N) is 1. The smallest absolute Gasteiger partial charge is 0.162 e. The average Bonchev–Trinajstić information content (AvgIpc) is 1.94. The number of carbonyl (C=O) groups is 1. The summed E-state index contributed by atoms with van der Waals surface area (Å²) in [6.45, 7) is 1.42. The first-order valence-electron chi connectivity index (χ1n) is 3.03. The number of nitrogen functional groups attached to an aromatic ring is 1. The Morgan fingerprint density at radius 3 is 2.82 bits per heavy atom. The summed E-state index contributed by atoms with van der Waals surface area (Å²) in [5.41, 5.74) is 6.20. The van der Waals surface area contributed by atoms with Crippen LogP contribution in [-0.2, 0) is 0 Å². The normalized spacial score (nSPS) is 9.64. The molecule has 11 heavy (non-hydrogen) atoms. The quantitative estimate of drug-likeness (QED) is 0.514. The third-order valence-corrected chi connectivity index (χ3v) is 1.54. The van der Waals surface area contributed by atoms with Gasteiger partial charge in [-0.1, -0.05) is 11.6 Å². The van der Waals surface area contributed by atoms with E-state index >= 15 is 0 Å². The Labute approximate surface area is 69.2 Å². The predicted octanol–water partition coefficient (Wildman–Crippen LogP) is 1.52. The molecule has 3 nitrogen and oxygen atoms in total. The van der Waals surface area contributed by atoms with E-state index in [-0.39, 0.29) is 10.9 Å². The van der Waals surface area contributed by atoms with Crippen molar-refractivity contribution in [2.45, 2.75) is 6.92 Å². The second kappa shape index (κ2) is 2.88. The zero-order valence-corrected chi connectivity index (χ0v) is 6.72. The number of hydrogen-bond donors (Lipinski definition) is 1. The number of hydrogen-bond acceptors (Lipinski definition) is 3. The van der Waals surface area contributed by atoms with Gasteiger partial charge in [-0.15, -0.1) is 0 Å². The number of nitrogens with zero attached hydrogens (tertiary/aromatic N) is 1. The fourth-order valence-electron chi connectivity index (χ4n) is 0.711. The van der Waals surface area contributed by atoms with Crippen molar-refractivity contribution in [3.63, 3.8) is 0 Å². The van der Waals surface area contributed by atoms with Crippen LogP contribution in [0, 0.1) is 0 Å². The molecule has 0 radical (unpaired) electrons. The minimum absolute atomic E-state index is 0.130. The highest BCUT2D eigenvalue weighted by Gasteiger charge is 2.05. The maximum absolute atomic E-state index is 10.8. The molecule has 0 unspecified atom stereocenters. The Hall–Kier alpha value is -1.09. The van der Waals surface area contributed by atoms with Crippen molar-refractivity contribution in [3.8, 4) is 0 Å². The minimum Gasteiger partial charge on any atom is -0.397 e. The maximum Gasteiger partial charge on any atom is 0.162 e. The van der Waals surface area contributed by atoms with E-state index in [0.717, 1.165) is 0 Å². The Morgan fingerprint density at radius 2 is 2.36 bits per heavy atom. The lowest BCUT2D eigenvalue weighted by Gasteiger charge is -1.98. The fraction of sp³-hybridized carbons (Fsp3) is 0.143. The van der Waals surface area contributed by atoms with Gasteiger partial charge < -0.3 is 5.73 Å². The molecule has 1 heterocycles. The summed E-state index contributed by atoms with van der Waals surface area (Å²) >= 11 is 5.60. The van der Waals surface area contributed by atoms with Gasteiger partial charge in [0.2, 0.25) is 0 Å². The largest absolute Gasteiger partial charge is 0.397 e. The van der Waals surface area contributed by atoms with E-state index in [1.807, 2.05) is 0 Å². The van der Waals surface area contributed by atoms with E-state index in [4.69, 9.17) is 17.3 Å². The van der Waals surface area contributed by atoms with Crippen LogP contribution in [0.5, 0.6) is 0 Å². The summed E-state index contributed by atoms with van der Waals surface area (Å²) in [7, 11) is 0. The number of anilines is 1. The number of rotatable bonds is 1. The zero-order valence-electron chi connectivity index (χ0n) is 5.97. The van der Waals surface area contributed by atoms with Gasteiger partial charge in [-0.3, -0.25) is 4.79 Å². The van der Waals surface area contributed by atoms with Gasteiger partial charge in [0.1, 0.15) is 5.15 Å². The number of pyridine rings is 1. The molecule has 1 aromatic heterocycles. The molecule has 0 spiro atoms. The number of Topliss-reactive ketones (excluding diaryl/α,β-unsaturated/α-hetero) is 1. The fourth-order valence-corrected chi connectivity index (χ4v) is 0.948. The number of aromatic nitrogens is 1. The molecular weight excluding hydrogens is 164 g/mol. The summed E-state index contributed by atoms with van der Waals surface area (Å²) < 4.78 is 0. The molecule has 0 aliphatic heterocycles. The summed E-state index contributed by atoms with van der Waals surface area (Å²) in [6.07, 6.45) is 1.41. The number of halogens is 1. The third kappa shape index (κ3) is 1.68.